The molecule has 3 fully saturated rings. The van der Waals surface area contributed by atoms with Crippen molar-refractivity contribution in [2.45, 2.75) is 81.5 Å². The van der Waals surface area contributed by atoms with E-state index in [4.69, 9.17) is 23.2 Å². The van der Waals surface area contributed by atoms with Gasteiger partial charge in [-0.05, 0) is 79.8 Å². The molecule has 1 heterocycles. The minimum absolute atomic E-state index is 0.106. The Balaban J connectivity index is 1.64. The second-order valence-electron chi connectivity index (χ2n) is 11.6. The number of hydrogen-bond donors (Lipinski definition) is 2. The quantitative estimate of drug-likeness (QED) is 0.318. The number of hydrogen-bond acceptors (Lipinski definition) is 4. The maximum Gasteiger partial charge on any atom is 0.304 e. The molecule has 2 aromatic carbocycles. The van der Waals surface area contributed by atoms with E-state index in [9.17, 15) is 23.1 Å². The van der Waals surface area contributed by atoms with Gasteiger partial charge in [-0.1, -0.05) is 60.8 Å². The predicted molar refractivity (Wildman–Crippen MR) is 156 cm³/mol. The van der Waals surface area contributed by atoms with E-state index < -0.39 is 38.7 Å². The molecule has 0 spiro atoms. The molecule has 1 unspecified atom stereocenters. The molecule has 1 saturated heterocycles. The number of carboxylic acids is 1. The first kappa shape index (κ1) is 29.4. The number of aliphatic carboxylic acids is 1. The molecule has 0 radical (unpaired) electrons. The Morgan fingerprint density at radius 2 is 1.77 bits per heavy atom. The average Bonchev–Trinajstić information content (AvgIpc) is 3.70. The topological polar surface area (TPSA) is 104 Å². The minimum Gasteiger partial charge on any atom is -0.481 e. The minimum atomic E-state index is -3.51. The normalized spacial score (nSPS) is 26.4. The zero-order valence-corrected chi connectivity index (χ0v) is 24.9. The van der Waals surface area contributed by atoms with Crippen LogP contribution in [0.4, 0.5) is 0 Å². The highest BCUT2D eigenvalue weighted by atomic mass is 35.5. The summed E-state index contributed by atoms with van der Waals surface area (Å²) in [6, 6.07) is 14.1. The summed E-state index contributed by atoms with van der Waals surface area (Å²) in [5.74, 6) is -1.39. The summed E-state index contributed by atoms with van der Waals surface area (Å²) in [4.78, 5) is 28.6. The van der Waals surface area contributed by atoms with Crippen molar-refractivity contribution < 1.29 is 23.1 Å². The second-order valence-corrected chi connectivity index (χ2v) is 14.5. The van der Waals surface area contributed by atoms with E-state index in [-0.39, 0.29) is 30.7 Å². The van der Waals surface area contributed by atoms with E-state index in [2.05, 4.69) is 4.72 Å². The number of nitrogens with one attached hydrogen (secondary N) is 1. The number of piperidine rings is 1. The zero-order chi connectivity index (χ0) is 28.7. The fraction of sp³-hybridized carbons (Fsp3) is 0.533. The van der Waals surface area contributed by atoms with Crippen LogP contribution in [-0.4, -0.2) is 48.1 Å². The van der Waals surface area contributed by atoms with Gasteiger partial charge in [-0.2, -0.15) is 0 Å². The number of sulfonamides is 1. The Morgan fingerprint density at radius 1 is 1.07 bits per heavy atom. The first-order valence-electron chi connectivity index (χ1n) is 14.1. The number of likely N-dealkylation sites (tertiary alicyclic amines) is 1. The van der Waals surface area contributed by atoms with Gasteiger partial charge in [0.25, 0.3) is 0 Å². The Bertz CT molecular complexity index is 1360. The maximum absolute atomic E-state index is 14.6. The first-order chi connectivity index (χ1) is 19.0. The van der Waals surface area contributed by atoms with E-state index in [1.165, 1.54) is 0 Å². The summed E-state index contributed by atoms with van der Waals surface area (Å²) < 4.78 is 28.9. The van der Waals surface area contributed by atoms with E-state index in [1.807, 2.05) is 42.2 Å². The third-order valence-corrected chi connectivity index (χ3v) is 11.5. The number of rotatable bonds is 11. The van der Waals surface area contributed by atoms with Crippen molar-refractivity contribution in [3.8, 4) is 0 Å². The van der Waals surface area contributed by atoms with Crippen LogP contribution in [0.5, 0.6) is 0 Å². The molecule has 7 nitrogen and oxygen atoms in total. The Morgan fingerprint density at radius 3 is 2.33 bits per heavy atom. The third-order valence-electron chi connectivity index (χ3n) is 9.14. The summed E-state index contributed by atoms with van der Waals surface area (Å²) in [7, 11) is -3.51. The van der Waals surface area contributed by atoms with Crippen LogP contribution in [0.15, 0.2) is 48.5 Å². The molecule has 2 aromatic rings. The van der Waals surface area contributed by atoms with Crippen LogP contribution in [-0.2, 0) is 19.6 Å². The summed E-state index contributed by atoms with van der Waals surface area (Å²) in [6.07, 6.45) is 4.35. The van der Waals surface area contributed by atoms with E-state index >= 15 is 0 Å². The number of benzene rings is 2. The molecule has 40 heavy (non-hydrogen) atoms. The fourth-order valence-electron chi connectivity index (χ4n) is 6.49. The van der Waals surface area contributed by atoms with Gasteiger partial charge in [0, 0.05) is 28.5 Å². The van der Waals surface area contributed by atoms with Crippen LogP contribution < -0.4 is 4.72 Å². The van der Waals surface area contributed by atoms with Gasteiger partial charge in [0.15, 0.2) is 0 Å². The lowest BCUT2D eigenvalue weighted by atomic mass is 9.64. The molecule has 4 atom stereocenters. The highest BCUT2D eigenvalue weighted by Gasteiger charge is 2.55. The highest BCUT2D eigenvalue weighted by Crippen LogP contribution is 2.55. The van der Waals surface area contributed by atoms with Gasteiger partial charge in [-0.15, -0.1) is 0 Å². The van der Waals surface area contributed by atoms with Gasteiger partial charge in [0.1, 0.15) is 0 Å². The molecule has 0 bridgehead atoms. The first-order valence-corrected chi connectivity index (χ1v) is 16.4. The van der Waals surface area contributed by atoms with Crippen molar-refractivity contribution in [2.75, 3.05) is 6.54 Å². The number of carbonyl (C=O) groups is 2. The van der Waals surface area contributed by atoms with Crippen LogP contribution in [0.25, 0.3) is 0 Å². The zero-order valence-electron chi connectivity index (χ0n) is 22.6. The number of amides is 1. The van der Waals surface area contributed by atoms with Gasteiger partial charge in [0.05, 0.1) is 23.1 Å². The summed E-state index contributed by atoms with van der Waals surface area (Å²) in [6.45, 7) is 1.97. The fourth-order valence-corrected chi connectivity index (χ4v) is 8.41. The lowest BCUT2D eigenvalue weighted by molar-refractivity contribution is -0.162. The largest absolute Gasteiger partial charge is 0.481 e. The van der Waals surface area contributed by atoms with Crippen molar-refractivity contribution in [3.05, 3.63) is 69.7 Å². The van der Waals surface area contributed by atoms with Gasteiger partial charge >= 0.3 is 5.97 Å². The van der Waals surface area contributed by atoms with Gasteiger partial charge in [0.2, 0.25) is 15.9 Å². The predicted octanol–water partition coefficient (Wildman–Crippen LogP) is 6.17. The second kappa shape index (κ2) is 11.6. The molecule has 1 amide bonds. The number of halogens is 2. The number of carboxylic acid groups (broad SMARTS) is 1. The Hall–Kier alpha value is -2.13. The van der Waals surface area contributed by atoms with Gasteiger partial charge in [-0.25, -0.2) is 13.1 Å². The van der Waals surface area contributed by atoms with E-state index in [1.54, 1.807) is 18.2 Å². The van der Waals surface area contributed by atoms with Gasteiger partial charge in [-0.3, -0.25) is 9.59 Å². The lowest BCUT2D eigenvalue weighted by Gasteiger charge is -2.53. The molecule has 0 aromatic heterocycles. The summed E-state index contributed by atoms with van der Waals surface area (Å²) >= 11 is 12.7. The molecular weight excluding hydrogens is 571 g/mol. The van der Waals surface area contributed by atoms with Crippen LogP contribution in [0.2, 0.25) is 10.0 Å². The van der Waals surface area contributed by atoms with Gasteiger partial charge < -0.3 is 10.0 Å². The van der Waals surface area contributed by atoms with Crippen molar-refractivity contribution in [3.63, 3.8) is 0 Å². The van der Waals surface area contributed by atoms with Crippen molar-refractivity contribution >= 4 is 45.1 Å². The summed E-state index contributed by atoms with van der Waals surface area (Å²) in [5.41, 5.74) is 0.648. The maximum atomic E-state index is 14.6. The molecular formula is C30H36Cl2N2O5S. The van der Waals surface area contributed by atoms with Crippen LogP contribution in [0, 0.1) is 11.3 Å². The molecule has 10 heteroatoms. The molecule has 5 rings (SSSR count). The van der Waals surface area contributed by atoms with Crippen LogP contribution >= 0.6 is 23.2 Å². The van der Waals surface area contributed by atoms with Crippen LogP contribution in [0.1, 0.15) is 81.4 Å². The smallest absolute Gasteiger partial charge is 0.304 e. The monoisotopic (exact) mass is 606 g/mol. The molecule has 1 aliphatic heterocycles. The van der Waals surface area contributed by atoms with Crippen LogP contribution in [0.3, 0.4) is 0 Å². The highest BCUT2D eigenvalue weighted by molar-refractivity contribution is 7.90. The van der Waals surface area contributed by atoms with E-state index in [0.717, 1.165) is 30.4 Å². The van der Waals surface area contributed by atoms with E-state index in [0.29, 0.717) is 35.7 Å². The average molecular weight is 608 g/mol. The molecule has 2 N–H and O–H groups in total. The van der Waals surface area contributed by atoms with Crippen molar-refractivity contribution in [2.24, 2.45) is 11.3 Å². The molecule has 216 valence electrons. The molecule has 2 saturated carbocycles. The summed E-state index contributed by atoms with van der Waals surface area (Å²) in [5, 5.41) is 10.7. The lowest BCUT2D eigenvalue weighted by Crippen LogP contribution is -2.60. The SMILES string of the molecule is CC[C@]1(CC(=O)O)C[C@H](c2cccc(Cl)c2)C(c2ccc(Cl)cc2)N([C@H](CNS(=O)(=O)C2CCC2)C2CC2)C1=O. The number of nitrogens with zero attached hydrogens (tertiary/aromatic N) is 1. The molecule has 3 aliphatic rings. The number of carbonyl (C=O) groups excluding carboxylic acids is 1. The molecule has 2 aliphatic carbocycles. The third kappa shape index (κ3) is 5.91. The van der Waals surface area contributed by atoms with Crippen molar-refractivity contribution in [1.82, 2.24) is 9.62 Å². The Labute approximate surface area is 246 Å². The standard InChI is InChI=1S/C30H36Cl2N2O5S/c1-2-30(17-27(35)36)16-25(21-5-3-6-23(32)15-21)28(20-11-13-22(31)14-12-20)34(29(30)37)26(19-9-10-19)18-33-40(38,39)24-7-4-8-24/h3,5-6,11-15,19,24-26,28,33H,2,4,7-10,16-18H2,1H3,(H,35,36)/t25-,26-,28?,30-/m1/s1. The van der Waals surface area contributed by atoms with Crippen molar-refractivity contribution in [1.29, 1.82) is 0 Å². The Kier molecular flexibility index (Phi) is 8.54.